The van der Waals surface area contributed by atoms with Gasteiger partial charge in [0.1, 0.15) is 0 Å². The van der Waals surface area contributed by atoms with Crippen molar-refractivity contribution in [2.45, 2.75) is 80.4 Å². The molecular formula is C17H34BNO2. The second-order valence-electron chi connectivity index (χ2n) is 5.36. The molecule has 0 spiro atoms. The molecule has 1 aliphatic rings. The van der Waals surface area contributed by atoms with Crippen LogP contribution in [0.15, 0.2) is 28.8 Å². The van der Waals surface area contributed by atoms with Crippen molar-refractivity contribution >= 4 is 13.3 Å². The number of rotatable bonds is 3. The second-order valence-corrected chi connectivity index (χ2v) is 5.36. The number of aliphatic imine (C=N–C) groups is 1. The Balaban J connectivity index is 0. The van der Waals surface area contributed by atoms with Crippen LogP contribution in [0.4, 0.5) is 0 Å². The summed E-state index contributed by atoms with van der Waals surface area (Å²) in [6.07, 6.45) is 3.61. The Hall–Kier alpha value is -0.865. The van der Waals surface area contributed by atoms with Gasteiger partial charge in [-0.25, -0.2) is 0 Å². The van der Waals surface area contributed by atoms with Crippen molar-refractivity contribution in [3.63, 3.8) is 0 Å². The van der Waals surface area contributed by atoms with Gasteiger partial charge in [0.2, 0.25) is 0 Å². The minimum absolute atomic E-state index is 0.303. The molecule has 0 N–H and O–H groups in total. The Labute approximate surface area is 132 Å². The fraction of sp³-hybridized carbons (Fsp3) is 0.706. The minimum Gasteiger partial charge on any atom is -0.400 e. The van der Waals surface area contributed by atoms with Crippen LogP contribution in [0.5, 0.6) is 0 Å². The summed E-state index contributed by atoms with van der Waals surface area (Å²) in [7, 11) is -0.316. The summed E-state index contributed by atoms with van der Waals surface area (Å²) in [6, 6.07) is 0. The first-order valence-electron chi connectivity index (χ1n) is 7.91. The van der Waals surface area contributed by atoms with Gasteiger partial charge in [-0.15, -0.1) is 0 Å². The topological polar surface area (TPSA) is 30.8 Å². The van der Waals surface area contributed by atoms with Crippen molar-refractivity contribution < 1.29 is 9.31 Å². The van der Waals surface area contributed by atoms with E-state index in [1.165, 1.54) is 0 Å². The van der Waals surface area contributed by atoms with Gasteiger partial charge in [0.15, 0.2) is 0 Å². The van der Waals surface area contributed by atoms with Crippen LogP contribution in [0.25, 0.3) is 0 Å². The first-order chi connectivity index (χ1) is 9.69. The molecular weight excluding hydrogens is 261 g/mol. The lowest BCUT2D eigenvalue weighted by atomic mass is 9.79. The zero-order valence-electron chi connectivity index (χ0n) is 15.7. The molecule has 0 bridgehead atoms. The van der Waals surface area contributed by atoms with Gasteiger partial charge in [0.05, 0.1) is 16.9 Å². The lowest BCUT2D eigenvalue weighted by Gasteiger charge is -2.32. The number of nitrogens with zero attached hydrogens (tertiary/aromatic N) is 1. The number of allylic oxidation sites excluding steroid dienone is 2. The molecule has 1 heterocycles. The summed E-state index contributed by atoms with van der Waals surface area (Å²) in [5.41, 5.74) is 1.09. The fourth-order valence-corrected chi connectivity index (χ4v) is 1.56. The molecule has 1 aliphatic heterocycles. The SMILES string of the molecule is C=C(/C=C(\C)B1OC(C)(C)C(C)(C)O1)N=CC.CC.CC. The quantitative estimate of drug-likeness (QED) is 0.406. The van der Waals surface area contributed by atoms with Gasteiger partial charge in [-0.3, -0.25) is 4.99 Å². The third kappa shape index (κ3) is 6.62. The molecule has 0 radical (unpaired) electrons. The van der Waals surface area contributed by atoms with Gasteiger partial charge < -0.3 is 9.31 Å². The van der Waals surface area contributed by atoms with Crippen molar-refractivity contribution in [3.8, 4) is 0 Å². The smallest absolute Gasteiger partial charge is 0.400 e. The predicted molar refractivity (Wildman–Crippen MR) is 95.8 cm³/mol. The average molecular weight is 295 g/mol. The standard InChI is InChI=1S/C13H22BNO2.2C2H6/c1-8-15-11(3)9-10(2)14-16-12(4,5)13(6,7)17-14;2*1-2/h8-9H,3H2,1-2,4-7H3;2*1-2H3/b10-9+,15-8?;;. The maximum atomic E-state index is 5.92. The van der Waals surface area contributed by atoms with Gasteiger partial charge in [-0.1, -0.05) is 34.3 Å². The van der Waals surface area contributed by atoms with Gasteiger partial charge >= 0.3 is 7.12 Å². The lowest BCUT2D eigenvalue weighted by molar-refractivity contribution is 0.00578. The van der Waals surface area contributed by atoms with E-state index < -0.39 is 0 Å². The molecule has 3 nitrogen and oxygen atoms in total. The highest BCUT2D eigenvalue weighted by atomic mass is 16.7. The van der Waals surface area contributed by atoms with E-state index in [1.54, 1.807) is 6.21 Å². The van der Waals surface area contributed by atoms with Crippen molar-refractivity contribution in [2.75, 3.05) is 0 Å². The van der Waals surface area contributed by atoms with E-state index in [0.29, 0.717) is 5.70 Å². The van der Waals surface area contributed by atoms with E-state index in [2.05, 4.69) is 11.6 Å². The van der Waals surface area contributed by atoms with E-state index in [9.17, 15) is 0 Å². The van der Waals surface area contributed by atoms with Crippen LogP contribution in [0.2, 0.25) is 0 Å². The summed E-state index contributed by atoms with van der Waals surface area (Å²) in [5.74, 6) is 0. The Bertz CT molecular complexity index is 355. The molecule has 1 saturated heterocycles. The van der Waals surface area contributed by atoms with Crippen LogP contribution in [0, 0.1) is 0 Å². The van der Waals surface area contributed by atoms with Crippen molar-refractivity contribution in [2.24, 2.45) is 4.99 Å². The molecule has 0 aromatic carbocycles. The van der Waals surface area contributed by atoms with Crippen LogP contribution in [-0.2, 0) is 9.31 Å². The Morgan fingerprint density at radius 2 is 1.38 bits per heavy atom. The van der Waals surface area contributed by atoms with Crippen LogP contribution in [0.1, 0.15) is 69.2 Å². The molecule has 122 valence electrons. The highest BCUT2D eigenvalue weighted by Crippen LogP contribution is 2.38. The molecule has 0 amide bonds. The Morgan fingerprint density at radius 3 is 1.71 bits per heavy atom. The zero-order chi connectivity index (χ0) is 17.3. The molecule has 0 unspecified atom stereocenters. The highest BCUT2D eigenvalue weighted by molar-refractivity contribution is 6.54. The molecule has 0 atom stereocenters. The lowest BCUT2D eigenvalue weighted by Crippen LogP contribution is -2.41. The molecule has 0 aliphatic carbocycles. The number of hydrogen-bond acceptors (Lipinski definition) is 3. The van der Waals surface area contributed by atoms with Crippen molar-refractivity contribution in [3.05, 3.63) is 23.8 Å². The summed E-state index contributed by atoms with van der Waals surface area (Å²) in [4.78, 5) is 4.10. The molecule has 0 aromatic heterocycles. The minimum atomic E-state index is -0.316. The second kappa shape index (κ2) is 9.96. The third-order valence-corrected chi connectivity index (χ3v) is 3.31. The molecule has 0 aromatic rings. The zero-order valence-corrected chi connectivity index (χ0v) is 15.7. The first kappa shape index (κ1) is 22.4. The van der Waals surface area contributed by atoms with E-state index in [1.807, 2.05) is 75.3 Å². The molecule has 1 rings (SSSR count). The Kier molecular flexibility index (Phi) is 10.6. The Morgan fingerprint density at radius 1 is 1.00 bits per heavy atom. The van der Waals surface area contributed by atoms with E-state index >= 15 is 0 Å². The summed E-state index contributed by atoms with van der Waals surface area (Å²) in [6.45, 7) is 23.8. The summed E-state index contributed by atoms with van der Waals surface area (Å²) < 4.78 is 11.8. The monoisotopic (exact) mass is 295 g/mol. The first-order valence-corrected chi connectivity index (χ1v) is 7.91. The average Bonchev–Trinajstić information content (AvgIpc) is 2.63. The third-order valence-electron chi connectivity index (χ3n) is 3.31. The maximum Gasteiger partial charge on any atom is 0.490 e. The van der Waals surface area contributed by atoms with Gasteiger partial charge in [-0.05, 0) is 53.1 Å². The molecule has 0 saturated carbocycles. The van der Waals surface area contributed by atoms with E-state index in [4.69, 9.17) is 9.31 Å². The van der Waals surface area contributed by atoms with E-state index in [-0.39, 0.29) is 18.3 Å². The van der Waals surface area contributed by atoms with Gasteiger partial charge in [-0.2, -0.15) is 0 Å². The molecule has 4 heteroatoms. The predicted octanol–water partition coefficient (Wildman–Crippen LogP) is 5.22. The highest BCUT2D eigenvalue weighted by Gasteiger charge is 2.51. The summed E-state index contributed by atoms with van der Waals surface area (Å²) in [5, 5.41) is 0. The summed E-state index contributed by atoms with van der Waals surface area (Å²) >= 11 is 0. The fourth-order valence-electron chi connectivity index (χ4n) is 1.56. The van der Waals surface area contributed by atoms with Crippen LogP contribution in [-0.4, -0.2) is 24.5 Å². The van der Waals surface area contributed by atoms with Gasteiger partial charge in [0.25, 0.3) is 0 Å². The largest absolute Gasteiger partial charge is 0.490 e. The van der Waals surface area contributed by atoms with Crippen LogP contribution >= 0.6 is 0 Å². The number of hydrogen-bond donors (Lipinski definition) is 0. The van der Waals surface area contributed by atoms with Gasteiger partial charge in [0, 0.05) is 6.21 Å². The van der Waals surface area contributed by atoms with Crippen molar-refractivity contribution in [1.82, 2.24) is 0 Å². The van der Waals surface area contributed by atoms with Crippen molar-refractivity contribution in [1.29, 1.82) is 0 Å². The van der Waals surface area contributed by atoms with Crippen LogP contribution < -0.4 is 0 Å². The van der Waals surface area contributed by atoms with E-state index in [0.717, 1.165) is 5.47 Å². The normalized spacial score (nSPS) is 19.5. The van der Waals surface area contributed by atoms with Crippen LogP contribution in [0.3, 0.4) is 0 Å². The molecule has 1 fully saturated rings. The maximum absolute atomic E-state index is 5.92. The molecule has 21 heavy (non-hydrogen) atoms.